The van der Waals surface area contributed by atoms with Gasteiger partial charge in [0.15, 0.2) is 0 Å². The highest BCUT2D eigenvalue weighted by Crippen LogP contribution is 2.27. The molecule has 96 valence electrons. The molecule has 2 atom stereocenters. The summed E-state index contributed by atoms with van der Waals surface area (Å²) in [5.41, 5.74) is 7.14. The van der Waals surface area contributed by atoms with E-state index in [0.29, 0.717) is 12.5 Å². The van der Waals surface area contributed by atoms with Crippen LogP contribution >= 0.6 is 15.9 Å². The molecular weight excluding hydrogens is 278 g/mol. The summed E-state index contributed by atoms with van der Waals surface area (Å²) in [7, 11) is 0. The van der Waals surface area contributed by atoms with Gasteiger partial charge in [-0.15, -0.1) is 0 Å². The van der Waals surface area contributed by atoms with Crippen molar-refractivity contribution in [2.45, 2.75) is 39.7 Å². The summed E-state index contributed by atoms with van der Waals surface area (Å²) in [5.74, 6) is 1.52. The van der Waals surface area contributed by atoms with Gasteiger partial charge in [0.25, 0.3) is 0 Å². The molecule has 1 aromatic carbocycles. The zero-order valence-electron chi connectivity index (χ0n) is 10.9. The molecule has 0 aliphatic heterocycles. The third-order valence-corrected chi connectivity index (χ3v) is 3.27. The fourth-order valence-electron chi connectivity index (χ4n) is 2.06. The standard InChI is InChI=1S/C14H22BrNO/c1-4-17-14-6-5-12(9-13(14)15)8-10(2)7-11(3)16/h5-6,9-11H,4,7-8,16H2,1-3H3. The van der Waals surface area contributed by atoms with Gasteiger partial charge in [0.05, 0.1) is 11.1 Å². The van der Waals surface area contributed by atoms with Crippen LogP contribution in [0.3, 0.4) is 0 Å². The molecule has 0 radical (unpaired) electrons. The largest absolute Gasteiger partial charge is 0.493 e. The third-order valence-electron chi connectivity index (χ3n) is 2.65. The Bertz CT molecular complexity index is 352. The fourth-order valence-corrected chi connectivity index (χ4v) is 2.60. The summed E-state index contributed by atoms with van der Waals surface area (Å²) in [6, 6.07) is 6.58. The van der Waals surface area contributed by atoms with E-state index in [4.69, 9.17) is 10.5 Å². The van der Waals surface area contributed by atoms with Crippen molar-refractivity contribution in [1.82, 2.24) is 0 Å². The number of rotatable bonds is 6. The van der Waals surface area contributed by atoms with Crippen molar-refractivity contribution < 1.29 is 4.74 Å². The van der Waals surface area contributed by atoms with Crippen LogP contribution in [-0.2, 0) is 6.42 Å². The van der Waals surface area contributed by atoms with Gasteiger partial charge in [0.2, 0.25) is 0 Å². The van der Waals surface area contributed by atoms with Gasteiger partial charge in [0, 0.05) is 6.04 Å². The molecule has 0 aromatic heterocycles. The molecule has 2 nitrogen and oxygen atoms in total. The van der Waals surface area contributed by atoms with Crippen molar-refractivity contribution >= 4 is 15.9 Å². The van der Waals surface area contributed by atoms with Crippen molar-refractivity contribution in [3.63, 3.8) is 0 Å². The minimum atomic E-state index is 0.274. The average molecular weight is 300 g/mol. The maximum Gasteiger partial charge on any atom is 0.133 e. The first kappa shape index (κ1) is 14.5. The van der Waals surface area contributed by atoms with Gasteiger partial charge in [-0.25, -0.2) is 0 Å². The molecule has 1 aromatic rings. The fraction of sp³-hybridized carbons (Fsp3) is 0.571. The monoisotopic (exact) mass is 299 g/mol. The highest BCUT2D eigenvalue weighted by molar-refractivity contribution is 9.10. The van der Waals surface area contributed by atoms with Crippen LogP contribution in [-0.4, -0.2) is 12.6 Å². The molecule has 0 saturated carbocycles. The molecule has 2 N–H and O–H groups in total. The van der Waals surface area contributed by atoms with Crippen LogP contribution in [0.5, 0.6) is 5.75 Å². The van der Waals surface area contributed by atoms with Crippen LogP contribution in [0.2, 0.25) is 0 Å². The van der Waals surface area contributed by atoms with Crippen LogP contribution in [0.4, 0.5) is 0 Å². The molecule has 2 unspecified atom stereocenters. The molecule has 0 amide bonds. The molecule has 0 heterocycles. The summed E-state index contributed by atoms with van der Waals surface area (Å²) in [6.07, 6.45) is 2.12. The molecule has 0 saturated heterocycles. The lowest BCUT2D eigenvalue weighted by Gasteiger charge is -2.15. The van der Waals surface area contributed by atoms with Crippen molar-refractivity contribution in [1.29, 1.82) is 0 Å². The lowest BCUT2D eigenvalue weighted by Crippen LogP contribution is -2.19. The molecule has 0 bridgehead atoms. The Labute approximate surface area is 113 Å². The molecule has 0 spiro atoms. The van der Waals surface area contributed by atoms with E-state index in [1.165, 1.54) is 5.56 Å². The minimum Gasteiger partial charge on any atom is -0.493 e. The number of nitrogens with two attached hydrogens (primary N) is 1. The Balaban J connectivity index is 2.63. The second-order valence-corrected chi connectivity index (χ2v) is 5.57. The van der Waals surface area contributed by atoms with Gasteiger partial charge >= 0.3 is 0 Å². The lowest BCUT2D eigenvalue weighted by atomic mass is 9.95. The van der Waals surface area contributed by atoms with Crippen LogP contribution in [0, 0.1) is 5.92 Å². The van der Waals surface area contributed by atoms with Gasteiger partial charge in [-0.1, -0.05) is 13.0 Å². The van der Waals surface area contributed by atoms with Crippen LogP contribution in [0.15, 0.2) is 22.7 Å². The highest BCUT2D eigenvalue weighted by Gasteiger charge is 2.08. The maximum absolute atomic E-state index is 5.81. The second kappa shape index (κ2) is 7.02. The van der Waals surface area contributed by atoms with Gasteiger partial charge in [-0.3, -0.25) is 0 Å². The molecule has 0 aliphatic carbocycles. The van der Waals surface area contributed by atoms with Crippen molar-refractivity contribution in [3.05, 3.63) is 28.2 Å². The summed E-state index contributed by atoms with van der Waals surface area (Å²) >= 11 is 3.54. The van der Waals surface area contributed by atoms with Gasteiger partial charge < -0.3 is 10.5 Å². The quantitative estimate of drug-likeness (QED) is 0.868. The first-order valence-electron chi connectivity index (χ1n) is 6.19. The second-order valence-electron chi connectivity index (χ2n) is 4.72. The maximum atomic E-state index is 5.81. The predicted octanol–water partition coefficient (Wildman–Crippen LogP) is 3.76. The Kier molecular flexibility index (Phi) is 6.00. The van der Waals surface area contributed by atoms with Crippen molar-refractivity contribution in [2.75, 3.05) is 6.61 Å². The summed E-state index contributed by atoms with van der Waals surface area (Å²) in [4.78, 5) is 0. The summed E-state index contributed by atoms with van der Waals surface area (Å²) in [5, 5.41) is 0. The van der Waals surface area contributed by atoms with Crippen LogP contribution in [0.25, 0.3) is 0 Å². The van der Waals surface area contributed by atoms with E-state index in [1.54, 1.807) is 0 Å². The van der Waals surface area contributed by atoms with E-state index < -0.39 is 0 Å². The van der Waals surface area contributed by atoms with Gasteiger partial charge in [-0.05, 0) is 66.2 Å². The number of hydrogen-bond acceptors (Lipinski definition) is 2. The van der Waals surface area contributed by atoms with E-state index in [0.717, 1.165) is 23.1 Å². The summed E-state index contributed by atoms with van der Waals surface area (Å²) in [6.45, 7) is 6.99. The zero-order valence-corrected chi connectivity index (χ0v) is 12.5. The van der Waals surface area contributed by atoms with E-state index in [-0.39, 0.29) is 6.04 Å². The van der Waals surface area contributed by atoms with Crippen LogP contribution in [0.1, 0.15) is 32.8 Å². The molecule has 1 rings (SSSR count). The molecule has 0 aliphatic rings. The van der Waals surface area contributed by atoms with E-state index in [1.807, 2.05) is 13.0 Å². The SMILES string of the molecule is CCOc1ccc(CC(C)CC(C)N)cc1Br. The van der Waals surface area contributed by atoms with Gasteiger partial charge in [0.1, 0.15) is 5.75 Å². The van der Waals surface area contributed by atoms with Crippen molar-refractivity contribution in [3.8, 4) is 5.75 Å². The third kappa shape index (κ3) is 5.09. The van der Waals surface area contributed by atoms with E-state index in [2.05, 4.69) is 41.9 Å². The van der Waals surface area contributed by atoms with Gasteiger partial charge in [-0.2, -0.15) is 0 Å². The molecule has 17 heavy (non-hydrogen) atoms. The zero-order chi connectivity index (χ0) is 12.8. The molecular formula is C14H22BrNO. The number of benzene rings is 1. The first-order valence-corrected chi connectivity index (χ1v) is 6.99. The highest BCUT2D eigenvalue weighted by atomic mass is 79.9. The number of ether oxygens (including phenoxy) is 1. The smallest absolute Gasteiger partial charge is 0.133 e. The molecule has 3 heteroatoms. The first-order chi connectivity index (χ1) is 8.02. The Hall–Kier alpha value is -0.540. The minimum absolute atomic E-state index is 0.274. The average Bonchev–Trinajstić information content (AvgIpc) is 2.21. The summed E-state index contributed by atoms with van der Waals surface area (Å²) < 4.78 is 6.53. The topological polar surface area (TPSA) is 35.2 Å². The van der Waals surface area contributed by atoms with Crippen molar-refractivity contribution in [2.24, 2.45) is 11.7 Å². The Morgan fingerprint density at radius 2 is 2.06 bits per heavy atom. The Morgan fingerprint density at radius 3 is 2.59 bits per heavy atom. The molecule has 0 fully saturated rings. The van der Waals surface area contributed by atoms with E-state index >= 15 is 0 Å². The number of halogens is 1. The van der Waals surface area contributed by atoms with E-state index in [9.17, 15) is 0 Å². The number of hydrogen-bond donors (Lipinski definition) is 1. The van der Waals surface area contributed by atoms with Crippen LogP contribution < -0.4 is 10.5 Å². The Morgan fingerprint density at radius 1 is 1.35 bits per heavy atom. The normalized spacial score (nSPS) is 14.4. The predicted molar refractivity (Wildman–Crippen MR) is 76.4 cm³/mol. The lowest BCUT2D eigenvalue weighted by molar-refractivity contribution is 0.338.